The van der Waals surface area contributed by atoms with Crippen molar-refractivity contribution < 1.29 is 4.79 Å². The number of rotatable bonds is 0. The van der Waals surface area contributed by atoms with Crippen LogP contribution < -0.4 is 0 Å². The molecular formula is C7H8O. The lowest BCUT2D eigenvalue weighted by Gasteiger charge is -2.27. The monoisotopic (exact) mass is 108 g/mol. The van der Waals surface area contributed by atoms with Crippen LogP contribution in [0.3, 0.4) is 0 Å². The van der Waals surface area contributed by atoms with Gasteiger partial charge in [-0.05, 0) is 12.3 Å². The van der Waals surface area contributed by atoms with Gasteiger partial charge in [0, 0.05) is 12.3 Å². The van der Waals surface area contributed by atoms with Gasteiger partial charge in [-0.3, -0.25) is 4.79 Å². The van der Waals surface area contributed by atoms with E-state index in [9.17, 15) is 4.79 Å². The van der Waals surface area contributed by atoms with Crippen molar-refractivity contribution in [3.05, 3.63) is 12.2 Å². The standard InChI is InChI=1S/C7H8O/c8-7-4-5-2-1-3-6(5)7/h1,3,5-6H,2,4H2/t5-,6+/m1/s1. The molecule has 0 radical (unpaired) electrons. The summed E-state index contributed by atoms with van der Waals surface area (Å²) < 4.78 is 0. The smallest absolute Gasteiger partial charge is 0.140 e. The van der Waals surface area contributed by atoms with Gasteiger partial charge in [0.2, 0.25) is 0 Å². The van der Waals surface area contributed by atoms with Crippen molar-refractivity contribution in [3.8, 4) is 0 Å². The largest absolute Gasteiger partial charge is 0.299 e. The fourth-order valence-electron chi connectivity index (χ4n) is 1.52. The van der Waals surface area contributed by atoms with Crippen LogP contribution in [0.25, 0.3) is 0 Å². The van der Waals surface area contributed by atoms with E-state index in [2.05, 4.69) is 12.2 Å². The summed E-state index contributed by atoms with van der Waals surface area (Å²) in [5.41, 5.74) is 0. The Labute approximate surface area is 48.4 Å². The summed E-state index contributed by atoms with van der Waals surface area (Å²) in [7, 11) is 0. The molecule has 2 rings (SSSR count). The lowest BCUT2D eigenvalue weighted by Crippen LogP contribution is -2.32. The van der Waals surface area contributed by atoms with Crippen LogP contribution in [0, 0.1) is 11.8 Å². The third kappa shape index (κ3) is 0.347. The van der Waals surface area contributed by atoms with Gasteiger partial charge in [-0.2, -0.15) is 0 Å². The molecule has 0 spiro atoms. The third-order valence-corrected chi connectivity index (χ3v) is 2.13. The highest BCUT2D eigenvalue weighted by atomic mass is 16.1. The molecule has 0 aromatic rings. The topological polar surface area (TPSA) is 17.1 Å². The summed E-state index contributed by atoms with van der Waals surface area (Å²) in [6, 6.07) is 0. The molecule has 1 fully saturated rings. The van der Waals surface area contributed by atoms with Crippen molar-refractivity contribution in [1.82, 2.24) is 0 Å². The van der Waals surface area contributed by atoms with E-state index in [-0.39, 0.29) is 0 Å². The molecule has 0 unspecified atom stereocenters. The quantitative estimate of drug-likeness (QED) is 0.425. The number of carbonyl (C=O) groups is 1. The minimum absolute atomic E-state index is 0.343. The van der Waals surface area contributed by atoms with Gasteiger partial charge in [-0.1, -0.05) is 12.2 Å². The highest BCUT2D eigenvalue weighted by Crippen LogP contribution is 2.38. The first-order chi connectivity index (χ1) is 3.88. The zero-order valence-electron chi connectivity index (χ0n) is 4.63. The first kappa shape index (κ1) is 4.30. The van der Waals surface area contributed by atoms with Crippen molar-refractivity contribution in [3.63, 3.8) is 0 Å². The number of ketones is 1. The van der Waals surface area contributed by atoms with E-state index in [1.54, 1.807) is 0 Å². The van der Waals surface area contributed by atoms with Crippen molar-refractivity contribution in [1.29, 1.82) is 0 Å². The van der Waals surface area contributed by atoms with Gasteiger partial charge in [0.15, 0.2) is 0 Å². The van der Waals surface area contributed by atoms with Crippen LogP contribution in [-0.4, -0.2) is 5.78 Å². The van der Waals surface area contributed by atoms with Gasteiger partial charge in [0.1, 0.15) is 5.78 Å². The molecule has 2 aliphatic carbocycles. The van der Waals surface area contributed by atoms with Crippen molar-refractivity contribution >= 4 is 5.78 Å². The molecule has 42 valence electrons. The van der Waals surface area contributed by atoms with Gasteiger partial charge in [-0.15, -0.1) is 0 Å². The van der Waals surface area contributed by atoms with Crippen LogP contribution in [-0.2, 0) is 4.79 Å². The average molecular weight is 108 g/mol. The molecule has 2 atom stereocenters. The Morgan fingerprint density at radius 3 is 3.00 bits per heavy atom. The molecular weight excluding hydrogens is 100 g/mol. The summed E-state index contributed by atoms with van der Waals surface area (Å²) >= 11 is 0. The molecule has 1 heteroatoms. The van der Waals surface area contributed by atoms with Gasteiger partial charge in [0.05, 0.1) is 0 Å². The summed E-state index contributed by atoms with van der Waals surface area (Å²) in [4.78, 5) is 10.7. The highest BCUT2D eigenvalue weighted by molar-refractivity contribution is 5.89. The Kier molecular flexibility index (Phi) is 0.655. The fourth-order valence-corrected chi connectivity index (χ4v) is 1.52. The lowest BCUT2D eigenvalue weighted by molar-refractivity contribution is -0.130. The molecule has 0 saturated heterocycles. The second kappa shape index (κ2) is 1.22. The summed E-state index contributed by atoms with van der Waals surface area (Å²) in [6.45, 7) is 0. The molecule has 0 amide bonds. The zero-order chi connectivity index (χ0) is 5.56. The Hall–Kier alpha value is -0.590. The Morgan fingerprint density at radius 1 is 1.62 bits per heavy atom. The molecule has 0 aromatic carbocycles. The van der Waals surface area contributed by atoms with Crippen molar-refractivity contribution in [2.75, 3.05) is 0 Å². The molecule has 2 aliphatic rings. The van der Waals surface area contributed by atoms with Crippen LogP contribution in [0.2, 0.25) is 0 Å². The van der Waals surface area contributed by atoms with Crippen LogP contribution in [0.5, 0.6) is 0 Å². The van der Waals surface area contributed by atoms with E-state index in [0.29, 0.717) is 17.6 Å². The minimum Gasteiger partial charge on any atom is -0.299 e. The van der Waals surface area contributed by atoms with E-state index in [4.69, 9.17) is 0 Å². The number of fused-ring (bicyclic) bond motifs is 1. The summed E-state index contributed by atoms with van der Waals surface area (Å²) in [5.74, 6) is 1.50. The SMILES string of the molecule is O=C1C[C@H]2CC=C[C@H]12. The predicted octanol–water partition coefficient (Wildman–Crippen LogP) is 1.15. The minimum atomic E-state index is 0.343. The molecule has 0 aliphatic heterocycles. The van der Waals surface area contributed by atoms with Crippen LogP contribution >= 0.6 is 0 Å². The molecule has 1 saturated carbocycles. The van der Waals surface area contributed by atoms with E-state index in [1.807, 2.05) is 0 Å². The first-order valence-electron chi connectivity index (χ1n) is 3.07. The van der Waals surface area contributed by atoms with Crippen molar-refractivity contribution in [2.45, 2.75) is 12.8 Å². The van der Waals surface area contributed by atoms with E-state index in [0.717, 1.165) is 12.8 Å². The first-order valence-corrected chi connectivity index (χ1v) is 3.07. The zero-order valence-corrected chi connectivity index (χ0v) is 4.63. The number of hydrogen-bond acceptors (Lipinski definition) is 1. The van der Waals surface area contributed by atoms with Gasteiger partial charge in [0.25, 0.3) is 0 Å². The third-order valence-electron chi connectivity index (χ3n) is 2.13. The Balaban J connectivity index is 2.21. The maximum Gasteiger partial charge on any atom is 0.140 e. The summed E-state index contributed by atoms with van der Waals surface area (Å²) in [5, 5.41) is 0. The van der Waals surface area contributed by atoms with Crippen LogP contribution in [0.4, 0.5) is 0 Å². The highest BCUT2D eigenvalue weighted by Gasteiger charge is 2.39. The lowest BCUT2D eigenvalue weighted by atomic mass is 9.75. The average Bonchev–Trinajstić information content (AvgIpc) is 2.09. The molecule has 0 bridgehead atoms. The molecule has 0 aromatic heterocycles. The predicted molar refractivity (Wildman–Crippen MR) is 30.4 cm³/mol. The van der Waals surface area contributed by atoms with Crippen LogP contribution in [0.15, 0.2) is 12.2 Å². The van der Waals surface area contributed by atoms with E-state index in [1.165, 1.54) is 0 Å². The maximum absolute atomic E-state index is 10.7. The normalized spacial score (nSPS) is 41.8. The molecule has 0 N–H and O–H groups in total. The van der Waals surface area contributed by atoms with E-state index < -0.39 is 0 Å². The molecule has 8 heavy (non-hydrogen) atoms. The number of Topliss-reactive ketones (excluding diaryl/α,β-unsaturated/α-hetero) is 1. The number of carbonyl (C=O) groups excluding carboxylic acids is 1. The number of allylic oxidation sites excluding steroid dienone is 2. The van der Waals surface area contributed by atoms with Gasteiger partial charge >= 0.3 is 0 Å². The Bertz CT molecular complexity index is 158. The molecule has 1 nitrogen and oxygen atoms in total. The fraction of sp³-hybridized carbons (Fsp3) is 0.571. The van der Waals surface area contributed by atoms with Gasteiger partial charge in [-0.25, -0.2) is 0 Å². The Morgan fingerprint density at radius 2 is 2.50 bits per heavy atom. The van der Waals surface area contributed by atoms with E-state index >= 15 is 0 Å². The second-order valence-electron chi connectivity index (χ2n) is 2.62. The number of hydrogen-bond donors (Lipinski definition) is 0. The van der Waals surface area contributed by atoms with Crippen molar-refractivity contribution in [2.24, 2.45) is 11.8 Å². The maximum atomic E-state index is 10.7. The molecule has 0 heterocycles. The summed E-state index contributed by atoms with van der Waals surface area (Å²) in [6.07, 6.45) is 6.17. The van der Waals surface area contributed by atoms with Gasteiger partial charge < -0.3 is 0 Å². The second-order valence-corrected chi connectivity index (χ2v) is 2.62. The van der Waals surface area contributed by atoms with Crippen LogP contribution in [0.1, 0.15) is 12.8 Å².